The van der Waals surface area contributed by atoms with E-state index in [-0.39, 0.29) is 12.1 Å². The highest BCUT2D eigenvalue weighted by molar-refractivity contribution is 8.14. The second-order valence-corrected chi connectivity index (χ2v) is 7.98. The number of thioether (sulfide) groups is 1. The second kappa shape index (κ2) is 5.71. The Morgan fingerprint density at radius 3 is 2.83 bits per heavy atom. The zero-order valence-electron chi connectivity index (χ0n) is 13.8. The lowest BCUT2D eigenvalue weighted by Gasteiger charge is -2.29. The maximum absolute atomic E-state index is 5.04. The number of nitrogens with zero attached hydrogens (tertiary/aromatic N) is 4. The summed E-state index contributed by atoms with van der Waals surface area (Å²) in [6, 6.07) is 11.3. The lowest BCUT2D eigenvalue weighted by molar-refractivity contribution is 0.302. The molecule has 2 aliphatic heterocycles. The van der Waals surface area contributed by atoms with Crippen LogP contribution in [0.2, 0.25) is 0 Å². The third-order valence-electron chi connectivity index (χ3n) is 4.55. The summed E-state index contributed by atoms with van der Waals surface area (Å²) in [5, 5.41) is 1.78. The number of aromatic nitrogens is 2. The lowest BCUT2D eigenvalue weighted by atomic mass is 10.0. The maximum Gasteiger partial charge on any atom is 0.160 e. The molecule has 2 aliphatic rings. The summed E-state index contributed by atoms with van der Waals surface area (Å²) in [5.74, 6) is 0. The Bertz CT molecular complexity index is 722. The van der Waals surface area contributed by atoms with Crippen molar-refractivity contribution in [2.24, 2.45) is 4.99 Å². The van der Waals surface area contributed by atoms with Crippen molar-refractivity contribution >= 4 is 16.9 Å². The van der Waals surface area contributed by atoms with Crippen molar-refractivity contribution in [3.05, 3.63) is 54.1 Å². The SMILES string of the molecule is CC(C)n1cccc1[C@@H]1[C@@H](c2ccccn2)N=C2S[C@@H](C)CN21. The van der Waals surface area contributed by atoms with Gasteiger partial charge in [0.1, 0.15) is 6.04 Å². The van der Waals surface area contributed by atoms with Crippen molar-refractivity contribution in [1.82, 2.24) is 14.5 Å². The van der Waals surface area contributed by atoms with Crippen LogP contribution in [0.4, 0.5) is 0 Å². The first-order valence-corrected chi connectivity index (χ1v) is 9.12. The topological polar surface area (TPSA) is 33.4 Å². The van der Waals surface area contributed by atoms with Gasteiger partial charge in [0.25, 0.3) is 0 Å². The van der Waals surface area contributed by atoms with E-state index in [1.54, 1.807) is 0 Å². The summed E-state index contributed by atoms with van der Waals surface area (Å²) < 4.78 is 2.37. The van der Waals surface area contributed by atoms with E-state index in [0.29, 0.717) is 11.3 Å². The van der Waals surface area contributed by atoms with Crippen molar-refractivity contribution in [1.29, 1.82) is 0 Å². The Balaban J connectivity index is 1.79. The van der Waals surface area contributed by atoms with Crippen LogP contribution in [0.25, 0.3) is 0 Å². The third-order valence-corrected chi connectivity index (χ3v) is 5.65. The molecule has 3 atom stereocenters. The number of aliphatic imine (C=N–C) groups is 1. The van der Waals surface area contributed by atoms with Gasteiger partial charge in [-0.25, -0.2) is 0 Å². The van der Waals surface area contributed by atoms with E-state index in [1.165, 1.54) is 10.9 Å². The molecule has 1 fully saturated rings. The standard InChI is InChI=1S/C18H22N4S/c1-12(2)21-10-6-8-15(21)17-16(14-7-4-5-9-19-14)20-18-22(17)11-13(3)23-18/h4-10,12-13,16-17H,11H2,1-3H3/t13-,16+,17+/m0/s1. The highest BCUT2D eigenvalue weighted by atomic mass is 32.2. The molecular formula is C18H22N4S. The Kier molecular flexibility index (Phi) is 3.68. The number of fused-ring (bicyclic) bond motifs is 1. The van der Waals surface area contributed by atoms with Gasteiger partial charge < -0.3 is 9.47 Å². The van der Waals surface area contributed by atoms with Crippen LogP contribution in [0, 0.1) is 0 Å². The molecule has 0 bridgehead atoms. The van der Waals surface area contributed by atoms with Gasteiger partial charge in [0.05, 0.1) is 11.7 Å². The zero-order chi connectivity index (χ0) is 16.0. The van der Waals surface area contributed by atoms with Crippen molar-refractivity contribution in [2.75, 3.05) is 6.54 Å². The lowest BCUT2D eigenvalue weighted by Crippen LogP contribution is -2.30. The molecule has 4 nitrogen and oxygen atoms in total. The van der Waals surface area contributed by atoms with Crippen LogP contribution in [-0.2, 0) is 0 Å². The molecule has 0 amide bonds. The molecule has 1 saturated heterocycles. The third kappa shape index (κ3) is 2.47. The minimum atomic E-state index is 0.0820. The maximum atomic E-state index is 5.04. The minimum absolute atomic E-state index is 0.0820. The average Bonchev–Trinajstić information content (AvgIpc) is 3.21. The number of hydrogen-bond acceptors (Lipinski definition) is 4. The predicted molar refractivity (Wildman–Crippen MR) is 95.7 cm³/mol. The second-order valence-electron chi connectivity index (χ2n) is 6.57. The molecule has 4 rings (SSSR count). The van der Waals surface area contributed by atoms with Crippen LogP contribution >= 0.6 is 11.8 Å². The molecule has 0 unspecified atom stereocenters. The van der Waals surface area contributed by atoms with Crippen molar-refractivity contribution in [3.63, 3.8) is 0 Å². The molecule has 0 spiro atoms. The molecule has 0 saturated carbocycles. The first-order chi connectivity index (χ1) is 11.1. The predicted octanol–water partition coefficient (Wildman–Crippen LogP) is 4.05. The van der Waals surface area contributed by atoms with Crippen LogP contribution in [0.3, 0.4) is 0 Å². The fourth-order valence-corrected chi connectivity index (χ4v) is 4.66. The fourth-order valence-electron chi connectivity index (χ4n) is 3.57. The van der Waals surface area contributed by atoms with Crippen LogP contribution in [0.5, 0.6) is 0 Å². The molecular weight excluding hydrogens is 304 g/mol. The smallest absolute Gasteiger partial charge is 0.160 e. The van der Waals surface area contributed by atoms with E-state index in [4.69, 9.17) is 4.99 Å². The van der Waals surface area contributed by atoms with E-state index < -0.39 is 0 Å². The normalized spacial score (nSPS) is 26.7. The van der Waals surface area contributed by atoms with E-state index >= 15 is 0 Å². The van der Waals surface area contributed by atoms with Crippen molar-refractivity contribution in [2.45, 2.75) is 44.1 Å². The van der Waals surface area contributed by atoms with Crippen LogP contribution in [0.1, 0.15) is 50.3 Å². The van der Waals surface area contributed by atoms with Gasteiger partial charge in [-0.3, -0.25) is 9.98 Å². The summed E-state index contributed by atoms with van der Waals surface area (Å²) in [6.07, 6.45) is 4.05. The largest absolute Gasteiger partial charge is 0.347 e. The van der Waals surface area contributed by atoms with Gasteiger partial charge in [-0.05, 0) is 38.1 Å². The summed E-state index contributed by atoms with van der Waals surface area (Å²) in [7, 11) is 0. The first kappa shape index (κ1) is 14.8. The van der Waals surface area contributed by atoms with Gasteiger partial charge in [0.15, 0.2) is 5.17 Å². The molecule has 2 aromatic heterocycles. The van der Waals surface area contributed by atoms with Crippen molar-refractivity contribution in [3.8, 4) is 0 Å². The Hall–Kier alpha value is -1.75. The number of rotatable bonds is 3. The van der Waals surface area contributed by atoms with Gasteiger partial charge in [0.2, 0.25) is 0 Å². The summed E-state index contributed by atoms with van der Waals surface area (Å²) in [4.78, 5) is 12.1. The molecule has 4 heterocycles. The van der Waals surface area contributed by atoms with E-state index in [2.05, 4.69) is 65.7 Å². The quantitative estimate of drug-likeness (QED) is 0.853. The molecule has 0 aliphatic carbocycles. The van der Waals surface area contributed by atoms with Gasteiger partial charge in [0, 0.05) is 35.9 Å². The van der Waals surface area contributed by atoms with Crippen LogP contribution < -0.4 is 0 Å². The van der Waals surface area contributed by atoms with Gasteiger partial charge in [-0.15, -0.1) is 0 Å². The fraction of sp³-hybridized carbons (Fsp3) is 0.444. The molecule has 120 valence electrons. The molecule has 0 N–H and O–H groups in total. The monoisotopic (exact) mass is 326 g/mol. The Labute approximate surface area is 141 Å². The summed E-state index contributed by atoms with van der Waals surface area (Å²) in [6.45, 7) is 7.80. The van der Waals surface area contributed by atoms with Gasteiger partial charge in [-0.2, -0.15) is 0 Å². The molecule has 0 radical (unpaired) electrons. The van der Waals surface area contributed by atoms with E-state index in [0.717, 1.165) is 12.2 Å². The Morgan fingerprint density at radius 2 is 2.09 bits per heavy atom. The number of hydrogen-bond donors (Lipinski definition) is 0. The first-order valence-electron chi connectivity index (χ1n) is 8.24. The van der Waals surface area contributed by atoms with Gasteiger partial charge in [-0.1, -0.05) is 24.8 Å². The van der Waals surface area contributed by atoms with Gasteiger partial charge >= 0.3 is 0 Å². The molecule has 5 heteroatoms. The molecule has 0 aromatic carbocycles. The summed E-state index contributed by atoms with van der Waals surface area (Å²) >= 11 is 1.89. The van der Waals surface area contributed by atoms with Crippen molar-refractivity contribution < 1.29 is 0 Å². The zero-order valence-corrected chi connectivity index (χ0v) is 14.6. The van der Waals surface area contributed by atoms with Crippen LogP contribution in [0.15, 0.2) is 47.7 Å². The molecule has 23 heavy (non-hydrogen) atoms. The number of pyridine rings is 1. The Morgan fingerprint density at radius 1 is 1.22 bits per heavy atom. The molecule has 2 aromatic rings. The minimum Gasteiger partial charge on any atom is -0.347 e. The van der Waals surface area contributed by atoms with Crippen LogP contribution in [-0.4, -0.2) is 31.4 Å². The van der Waals surface area contributed by atoms with E-state index in [9.17, 15) is 0 Å². The van der Waals surface area contributed by atoms with E-state index in [1.807, 2.05) is 24.0 Å². The summed E-state index contributed by atoms with van der Waals surface area (Å²) in [5.41, 5.74) is 2.40. The average molecular weight is 326 g/mol. The highest BCUT2D eigenvalue weighted by Crippen LogP contribution is 2.47. The highest BCUT2D eigenvalue weighted by Gasteiger charge is 2.44. The number of amidine groups is 1.